The largest absolute Gasteiger partial charge is 0.326 e. The Morgan fingerprint density at radius 3 is 2.63 bits per heavy atom. The second-order valence-electron chi connectivity index (χ2n) is 4.57. The molecule has 4 heteroatoms. The highest BCUT2D eigenvalue weighted by Gasteiger charge is 2.07. The molecule has 2 rings (SSSR count). The smallest absolute Gasteiger partial charge is 0.255 e. The van der Waals surface area contributed by atoms with Gasteiger partial charge < -0.3 is 5.32 Å². The Labute approximate surface area is 112 Å². The zero-order valence-corrected chi connectivity index (χ0v) is 11.4. The van der Waals surface area contributed by atoms with Crippen LogP contribution in [0.25, 0.3) is 0 Å². The quantitative estimate of drug-likeness (QED) is 0.865. The summed E-state index contributed by atoms with van der Waals surface area (Å²) in [6.45, 7) is 4.00. The molecule has 1 aromatic heterocycles. The molecule has 1 heterocycles. The number of nitrogens with one attached hydrogen (secondary N) is 2. The Kier molecular flexibility index (Phi) is 4.34. The number of unbranched alkanes of at least 4 members (excludes halogenated alkanes) is 1. The highest BCUT2D eigenvalue weighted by Crippen LogP contribution is 2.12. The summed E-state index contributed by atoms with van der Waals surface area (Å²) in [6.07, 6.45) is 2.87. The second kappa shape index (κ2) is 6.18. The van der Waals surface area contributed by atoms with Crippen molar-refractivity contribution < 1.29 is 0 Å². The molecule has 0 aliphatic rings. The number of nitrogens with zero attached hydrogens (tertiary/aromatic N) is 1. The van der Waals surface area contributed by atoms with Crippen LogP contribution in [0.3, 0.4) is 0 Å². The van der Waals surface area contributed by atoms with E-state index in [1.165, 1.54) is 0 Å². The lowest BCUT2D eigenvalue weighted by Gasteiger charge is -2.08. The van der Waals surface area contributed by atoms with Gasteiger partial charge in [-0.1, -0.05) is 31.5 Å². The molecule has 1 aromatic carbocycles. The van der Waals surface area contributed by atoms with Crippen molar-refractivity contribution in [2.24, 2.45) is 0 Å². The van der Waals surface area contributed by atoms with Crippen molar-refractivity contribution in [3.63, 3.8) is 0 Å². The van der Waals surface area contributed by atoms with Gasteiger partial charge in [0.1, 0.15) is 0 Å². The topological polar surface area (TPSA) is 57.8 Å². The fourth-order valence-corrected chi connectivity index (χ4v) is 1.98. The molecule has 0 radical (unpaired) electrons. The van der Waals surface area contributed by atoms with Crippen molar-refractivity contribution in [2.45, 2.75) is 33.1 Å². The van der Waals surface area contributed by atoms with Gasteiger partial charge in [-0.05, 0) is 31.9 Å². The number of aryl methyl sites for hydroxylation is 1. The highest BCUT2D eigenvalue weighted by atomic mass is 16.1. The number of aromatic amines is 1. The molecule has 0 atom stereocenters. The molecule has 0 saturated heterocycles. The van der Waals surface area contributed by atoms with E-state index in [1.807, 2.05) is 37.3 Å². The minimum absolute atomic E-state index is 0.0422. The Balaban J connectivity index is 2.22. The number of hydrogen-bond donors (Lipinski definition) is 2. The van der Waals surface area contributed by atoms with Gasteiger partial charge in [0.05, 0.1) is 0 Å². The second-order valence-corrected chi connectivity index (χ2v) is 4.57. The van der Waals surface area contributed by atoms with Gasteiger partial charge in [-0.3, -0.25) is 9.78 Å². The van der Waals surface area contributed by atoms with Crippen LogP contribution in [0.2, 0.25) is 0 Å². The fourth-order valence-electron chi connectivity index (χ4n) is 1.98. The Bertz CT molecular complexity index is 590. The van der Waals surface area contributed by atoms with Crippen LogP contribution in [0.1, 0.15) is 31.0 Å². The molecule has 100 valence electrons. The fraction of sp³-hybridized carbons (Fsp3) is 0.333. The van der Waals surface area contributed by atoms with Crippen LogP contribution >= 0.6 is 0 Å². The number of anilines is 2. The predicted molar refractivity (Wildman–Crippen MR) is 77.9 cm³/mol. The normalized spacial score (nSPS) is 10.4. The molecule has 0 fully saturated rings. The van der Waals surface area contributed by atoms with Gasteiger partial charge in [-0.25, -0.2) is 4.98 Å². The SMILES string of the molecule is CCCCc1c(C)nc(Nc2ccccc2)[nH]c1=O. The number of hydrogen-bond acceptors (Lipinski definition) is 3. The first-order valence-corrected chi connectivity index (χ1v) is 6.62. The lowest BCUT2D eigenvalue weighted by Crippen LogP contribution is -2.18. The van der Waals surface area contributed by atoms with E-state index in [1.54, 1.807) is 0 Å². The van der Waals surface area contributed by atoms with Gasteiger partial charge in [0, 0.05) is 16.9 Å². The third-order valence-corrected chi connectivity index (χ3v) is 3.04. The summed E-state index contributed by atoms with van der Waals surface area (Å²) in [4.78, 5) is 19.2. The van der Waals surface area contributed by atoms with E-state index >= 15 is 0 Å². The molecule has 0 spiro atoms. The molecule has 2 N–H and O–H groups in total. The van der Waals surface area contributed by atoms with Gasteiger partial charge in [-0.2, -0.15) is 0 Å². The molecular formula is C15H19N3O. The summed E-state index contributed by atoms with van der Waals surface area (Å²) >= 11 is 0. The number of H-pyrrole nitrogens is 1. The number of benzene rings is 1. The van der Waals surface area contributed by atoms with Crippen LogP contribution in [0.4, 0.5) is 11.6 Å². The van der Waals surface area contributed by atoms with E-state index in [0.29, 0.717) is 5.95 Å². The van der Waals surface area contributed by atoms with Crippen LogP contribution < -0.4 is 10.9 Å². The highest BCUT2D eigenvalue weighted by molar-refractivity contribution is 5.52. The minimum Gasteiger partial charge on any atom is -0.326 e. The van der Waals surface area contributed by atoms with Gasteiger partial charge in [0.15, 0.2) is 0 Å². The summed E-state index contributed by atoms with van der Waals surface area (Å²) in [7, 11) is 0. The summed E-state index contributed by atoms with van der Waals surface area (Å²) in [5.41, 5.74) is 2.46. The van der Waals surface area contributed by atoms with Crippen molar-refractivity contribution in [2.75, 3.05) is 5.32 Å². The molecule has 0 amide bonds. The summed E-state index contributed by atoms with van der Waals surface area (Å²) in [5.74, 6) is 0.494. The Morgan fingerprint density at radius 1 is 1.26 bits per heavy atom. The molecular weight excluding hydrogens is 238 g/mol. The van der Waals surface area contributed by atoms with Crippen molar-refractivity contribution >= 4 is 11.6 Å². The first-order valence-electron chi connectivity index (χ1n) is 6.62. The first kappa shape index (κ1) is 13.3. The number of rotatable bonds is 5. The van der Waals surface area contributed by atoms with Crippen molar-refractivity contribution in [3.05, 3.63) is 51.9 Å². The summed E-state index contributed by atoms with van der Waals surface area (Å²) < 4.78 is 0. The average Bonchev–Trinajstić information content (AvgIpc) is 2.39. The van der Waals surface area contributed by atoms with Gasteiger partial charge in [0.25, 0.3) is 5.56 Å². The molecule has 19 heavy (non-hydrogen) atoms. The molecule has 0 aliphatic heterocycles. The Hall–Kier alpha value is -2.10. The van der Waals surface area contributed by atoms with E-state index in [2.05, 4.69) is 22.2 Å². The van der Waals surface area contributed by atoms with Gasteiger partial charge >= 0.3 is 0 Å². The molecule has 0 unspecified atom stereocenters. The molecule has 0 saturated carbocycles. The molecule has 0 aliphatic carbocycles. The van der Waals surface area contributed by atoms with Crippen LogP contribution in [-0.2, 0) is 6.42 Å². The maximum absolute atomic E-state index is 12.0. The summed E-state index contributed by atoms with van der Waals surface area (Å²) in [5, 5.41) is 3.10. The lowest BCUT2D eigenvalue weighted by atomic mass is 10.1. The predicted octanol–water partition coefficient (Wildman–Crippen LogP) is 3.16. The van der Waals surface area contributed by atoms with E-state index in [4.69, 9.17) is 0 Å². The number of aromatic nitrogens is 2. The lowest BCUT2D eigenvalue weighted by molar-refractivity contribution is 0.775. The molecule has 0 bridgehead atoms. The van der Waals surface area contributed by atoms with E-state index in [-0.39, 0.29) is 5.56 Å². The molecule has 4 nitrogen and oxygen atoms in total. The van der Waals surface area contributed by atoms with Crippen molar-refractivity contribution in [1.29, 1.82) is 0 Å². The average molecular weight is 257 g/mol. The van der Waals surface area contributed by atoms with Crippen LogP contribution in [0.5, 0.6) is 0 Å². The summed E-state index contributed by atoms with van der Waals surface area (Å²) in [6, 6.07) is 9.67. The maximum Gasteiger partial charge on any atom is 0.255 e. The standard InChI is InChI=1S/C15H19N3O/c1-3-4-10-13-11(2)16-15(18-14(13)19)17-12-8-6-5-7-9-12/h5-9H,3-4,10H2,1-2H3,(H2,16,17,18,19). The van der Waals surface area contributed by atoms with Crippen LogP contribution in [-0.4, -0.2) is 9.97 Å². The Morgan fingerprint density at radius 2 is 2.00 bits per heavy atom. The maximum atomic E-state index is 12.0. The monoisotopic (exact) mass is 257 g/mol. The zero-order chi connectivity index (χ0) is 13.7. The first-order chi connectivity index (χ1) is 9.20. The van der Waals surface area contributed by atoms with Gasteiger partial charge in [0.2, 0.25) is 5.95 Å². The third-order valence-electron chi connectivity index (χ3n) is 3.04. The van der Waals surface area contributed by atoms with Gasteiger partial charge in [-0.15, -0.1) is 0 Å². The minimum atomic E-state index is -0.0422. The van der Waals surface area contributed by atoms with Crippen molar-refractivity contribution in [3.8, 4) is 0 Å². The zero-order valence-electron chi connectivity index (χ0n) is 11.4. The van der Waals surface area contributed by atoms with Crippen molar-refractivity contribution in [1.82, 2.24) is 9.97 Å². The van der Waals surface area contributed by atoms with E-state index < -0.39 is 0 Å². The molecule has 2 aromatic rings. The third kappa shape index (κ3) is 3.44. The van der Waals surface area contributed by atoms with Crippen LogP contribution in [0.15, 0.2) is 35.1 Å². The van der Waals surface area contributed by atoms with Crippen LogP contribution in [0, 0.1) is 6.92 Å². The number of para-hydroxylation sites is 1. The van der Waals surface area contributed by atoms with E-state index in [9.17, 15) is 4.79 Å². The van der Waals surface area contributed by atoms with E-state index in [0.717, 1.165) is 36.2 Å².